The van der Waals surface area contributed by atoms with Gasteiger partial charge in [0.2, 0.25) is 0 Å². The number of ether oxygens (including phenoxy) is 3. The zero-order valence-corrected chi connectivity index (χ0v) is 9.71. The molecule has 1 aliphatic heterocycles. The van der Waals surface area contributed by atoms with Crippen LogP contribution in [0.2, 0.25) is 0 Å². The van der Waals surface area contributed by atoms with Gasteiger partial charge in [-0.2, -0.15) is 12.6 Å². The first-order valence-corrected chi connectivity index (χ1v) is 5.17. The summed E-state index contributed by atoms with van der Waals surface area (Å²) in [5.41, 5.74) is 1.03. The van der Waals surface area contributed by atoms with Crippen LogP contribution in [0.25, 0.3) is 0 Å². The number of thiol groups is 1. The molecule has 0 aliphatic carbocycles. The van der Waals surface area contributed by atoms with Crippen LogP contribution >= 0.6 is 12.6 Å². The van der Waals surface area contributed by atoms with Crippen LogP contribution in [0.5, 0.6) is 11.5 Å². The maximum Gasteiger partial charge on any atom is 0.123 e. The molecular weight excluding hydrogens is 212 g/mol. The Hall–Kier alpha value is -0.870. The molecule has 0 N–H and O–H groups in total. The van der Waals surface area contributed by atoms with Crippen LogP contribution in [0, 0.1) is 0 Å². The molecule has 1 aromatic rings. The van der Waals surface area contributed by atoms with Crippen LogP contribution in [-0.2, 0) is 9.48 Å². The third-order valence-corrected chi connectivity index (χ3v) is 3.09. The Morgan fingerprint density at radius 1 is 1.27 bits per heavy atom. The fourth-order valence-corrected chi connectivity index (χ4v) is 1.99. The highest BCUT2D eigenvalue weighted by molar-refractivity contribution is 7.81. The second-order valence-corrected chi connectivity index (χ2v) is 4.45. The van der Waals surface area contributed by atoms with E-state index in [4.69, 9.17) is 14.2 Å². The monoisotopic (exact) mass is 226 g/mol. The van der Waals surface area contributed by atoms with Gasteiger partial charge >= 0.3 is 0 Å². The van der Waals surface area contributed by atoms with Gasteiger partial charge in [0.25, 0.3) is 0 Å². The minimum atomic E-state index is -0.236. The summed E-state index contributed by atoms with van der Waals surface area (Å²) in [5.74, 6) is 1.64. The molecule has 1 fully saturated rings. The van der Waals surface area contributed by atoms with Gasteiger partial charge in [-0.3, -0.25) is 0 Å². The van der Waals surface area contributed by atoms with Crippen molar-refractivity contribution >= 4 is 12.6 Å². The summed E-state index contributed by atoms with van der Waals surface area (Å²) < 4.78 is 15.5. The van der Waals surface area contributed by atoms with Crippen molar-refractivity contribution in [2.75, 3.05) is 27.4 Å². The van der Waals surface area contributed by atoms with Gasteiger partial charge in [0.1, 0.15) is 11.5 Å². The van der Waals surface area contributed by atoms with Gasteiger partial charge in [-0.25, -0.2) is 0 Å². The summed E-state index contributed by atoms with van der Waals surface area (Å²) in [7, 11) is 3.30. The van der Waals surface area contributed by atoms with E-state index in [1.807, 2.05) is 18.2 Å². The minimum Gasteiger partial charge on any atom is -0.497 e. The van der Waals surface area contributed by atoms with E-state index in [0.717, 1.165) is 17.1 Å². The Bertz CT molecular complexity index is 361. The maximum absolute atomic E-state index is 5.31. The number of hydrogen-bond acceptors (Lipinski definition) is 4. The van der Waals surface area contributed by atoms with Crippen LogP contribution < -0.4 is 9.47 Å². The topological polar surface area (TPSA) is 27.7 Å². The molecule has 0 amide bonds. The van der Waals surface area contributed by atoms with Crippen LogP contribution in [0.4, 0.5) is 0 Å². The lowest BCUT2D eigenvalue weighted by Gasteiger charge is -2.38. The Kier molecular flexibility index (Phi) is 2.80. The minimum absolute atomic E-state index is 0.236. The van der Waals surface area contributed by atoms with Gasteiger partial charge in [0.05, 0.1) is 32.2 Å². The molecule has 4 heteroatoms. The van der Waals surface area contributed by atoms with E-state index in [1.54, 1.807) is 14.2 Å². The second-order valence-electron chi connectivity index (χ2n) is 3.59. The van der Waals surface area contributed by atoms with E-state index in [0.29, 0.717) is 13.2 Å². The van der Waals surface area contributed by atoms with Gasteiger partial charge in [-0.1, -0.05) is 0 Å². The van der Waals surface area contributed by atoms with Crippen molar-refractivity contribution in [2.45, 2.75) is 4.75 Å². The van der Waals surface area contributed by atoms with E-state index >= 15 is 0 Å². The molecule has 1 saturated heterocycles. The summed E-state index contributed by atoms with van der Waals surface area (Å²) in [6.07, 6.45) is 0. The average Bonchev–Trinajstić information content (AvgIpc) is 2.25. The third-order valence-electron chi connectivity index (χ3n) is 2.59. The fourth-order valence-electron chi connectivity index (χ4n) is 1.63. The highest BCUT2D eigenvalue weighted by atomic mass is 32.1. The Morgan fingerprint density at radius 2 is 2.00 bits per heavy atom. The van der Waals surface area contributed by atoms with Crippen molar-refractivity contribution in [2.24, 2.45) is 0 Å². The lowest BCUT2D eigenvalue weighted by molar-refractivity contribution is -0.0107. The first-order valence-electron chi connectivity index (χ1n) is 4.72. The fraction of sp³-hybridized carbons (Fsp3) is 0.455. The molecule has 0 spiro atoms. The number of benzene rings is 1. The van der Waals surface area contributed by atoms with Crippen LogP contribution in [-0.4, -0.2) is 27.4 Å². The maximum atomic E-state index is 5.31. The van der Waals surface area contributed by atoms with Crippen molar-refractivity contribution in [3.63, 3.8) is 0 Å². The van der Waals surface area contributed by atoms with Crippen molar-refractivity contribution in [3.8, 4) is 11.5 Å². The molecule has 1 heterocycles. The molecule has 82 valence electrons. The van der Waals surface area contributed by atoms with Crippen LogP contribution in [0.3, 0.4) is 0 Å². The van der Waals surface area contributed by atoms with Crippen molar-refractivity contribution in [1.82, 2.24) is 0 Å². The van der Waals surface area contributed by atoms with Crippen LogP contribution in [0.1, 0.15) is 5.56 Å². The van der Waals surface area contributed by atoms with Gasteiger partial charge in [-0.05, 0) is 18.2 Å². The van der Waals surface area contributed by atoms with E-state index in [9.17, 15) is 0 Å². The molecule has 1 aromatic carbocycles. The van der Waals surface area contributed by atoms with E-state index in [-0.39, 0.29) is 4.75 Å². The van der Waals surface area contributed by atoms with Gasteiger partial charge < -0.3 is 14.2 Å². The number of methoxy groups -OCH3 is 2. The lowest BCUT2D eigenvalue weighted by Crippen LogP contribution is -2.41. The smallest absolute Gasteiger partial charge is 0.123 e. The van der Waals surface area contributed by atoms with E-state index in [2.05, 4.69) is 12.6 Å². The molecule has 0 bridgehead atoms. The van der Waals surface area contributed by atoms with Gasteiger partial charge in [-0.15, -0.1) is 0 Å². The first-order chi connectivity index (χ1) is 7.19. The Balaban J connectivity index is 2.41. The molecule has 0 unspecified atom stereocenters. The molecule has 1 aliphatic rings. The molecule has 0 saturated carbocycles. The largest absolute Gasteiger partial charge is 0.497 e. The highest BCUT2D eigenvalue weighted by Gasteiger charge is 2.39. The third kappa shape index (κ3) is 1.79. The normalized spacial score (nSPS) is 18.1. The zero-order chi connectivity index (χ0) is 10.9. The molecule has 15 heavy (non-hydrogen) atoms. The summed E-state index contributed by atoms with van der Waals surface area (Å²) in [4.78, 5) is 0. The highest BCUT2D eigenvalue weighted by Crippen LogP contribution is 2.42. The summed E-state index contributed by atoms with van der Waals surface area (Å²) in [6, 6.07) is 5.72. The van der Waals surface area contributed by atoms with E-state index in [1.165, 1.54) is 0 Å². The summed E-state index contributed by atoms with van der Waals surface area (Å²) >= 11 is 4.61. The zero-order valence-electron chi connectivity index (χ0n) is 8.82. The number of rotatable bonds is 3. The first kappa shape index (κ1) is 10.6. The van der Waals surface area contributed by atoms with Gasteiger partial charge in [0.15, 0.2) is 0 Å². The quantitative estimate of drug-likeness (QED) is 0.797. The van der Waals surface area contributed by atoms with Gasteiger partial charge in [0, 0.05) is 5.56 Å². The van der Waals surface area contributed by atoms with Crippen LogP contribution in [0.15, 0.2) is 18.2 Å². The molecular formula is C11H14O3S. The molecule has 0 radical (unpaired) electrons. The average molecular weight is 226 g/mol. The molecule has 3 nitrogen and oxygen atoms in total. The van der Waals surface area contributed by atoms with Crippen molar-refractivity contribution in [1.29, 1.82) is 0 Å². The number of hydrogen-bond donors (Lipinski definition) is 1. The standard InChI is InChI=1S/C11H14O3S/c1-12-8-3-4-10(13-2)9(5-8)11(15)6-14-7-11/h3-5,15H,6-7H2,1-2H3. The Labute approximate surface area is 94.7 Å². The predicted octanol–water partition coefficient (Wildman–Crippen LogP) is 1.86. The summed E-state index contributed by atoms with van der Waals surface area (Å²) in [5, 5.41) is 0. The second kappa shape index (κ2) is 3.94. The van der Waals surface area contributed by atoms with E-state index < -0.39 is 0 Å². The summed E-state index contributed by atoms with van der Waals surface area (Å²) in [6.45, 7) is 1.22. The lowest BCUT2D eigenvalue weighted by atomic mass is 9.95. The predicted molar refractivity (Wildman–Crippen MR) is 61.0 cm³/mol. The van der Waals surface area contributed by atoms with Crippen molar-refractivity contribution < 1.29 is 14.2 Å². The van der Waals surface area contributed by atoms with Crippen molar-refractivity contribution in [3.05, 3.63) is 23.8 Å². The Morgan fingerprint density at radius 3 is 2.47 bits per heavy atom. The molecule has 0 aromatic heterocycles. The molecule has 0 atom stereocenters. The molecule has 2 rings (SSSR count). The SMILES string of the molecule is COc1ccc(OC)c(C2(S)COC2)c1.